The van der Waals surface area contributed by atoms with Crippen molar-refractivity contribution in [3.63, 3.8) is 0 Å². The summed E-state index contributed by atoms with van der Waals surface area (Å²) in [7, 11) is 0. The van der Waals surface area contributed by atoms with Gasteiger partial charge in [-0.05, 0) is 51.1 Å². The Morgan fingerprint density at radius 3 is 2.56 bits per heavy atom. The van der Waals surface area contributed by atoms with E-state index in [-0.39, 0.29) is 17.3 Å². The number of rotatable bonds is 3. The number of nitrogens with one attached hydrogen (secondary N) is 1. The van der Waals surface area contributed by atoms with Crippen molar-refractivity contribution >= 4 is 28.0 Å². The molecule has 2 N–H and O–H groups in total. The molecule has 3 aromatic heterocycles. The monoisotopic (exact) mass is 435 g/mol. The minimum atomic E-state index is -0.954. The fourth-order valence-corrected chi connectivity index (χ4v) is 4.25. The van der Waals surface area contributed by atoms with E-state index < -0.39 is 6.17 Å². The van der Waals surface area contributed by atoms with Gasteiger partial charge < -0.3 is 19.7 Å². The lowest BCUT2D eigenvalue weighted by atomic mass is 10.1. The number of aryl methyl sites for hydroxylation is 1. The summed E-state index contributed by atoms with van der Waals surface area (Å²) in [4.78, 5) is 15.6. The van der Waals surface area contributed by atoms with Crippen LogP contribution in [0.3, 0.4) is 0 Å². The number of benzene rings is 1. The molecule has 7 nitrogen and oxygen atoms in total. The Labute approximate surface area is 185 Å². The smallest absolute Gasteiger partial charge is 0.192 e. The molecule has 1 saturated heterocycles. The zero-order valence-electron chi connectivity index (χ0n) is 18.6. The molecule has 0 unspecified atom stereocenters. The number of halogens is 1. The van der Waals surface area contributed by atoms with E-state index in [1.165, 1.54) is 0 Å². The number of hydrogen-bond donors (Lipinski definition) is 2. The Hall–Kier alpha value is -3.26. The van der Waals surface area contributed by atoms with E-state index in [1.54, 1.807) is 19.1 Å². The lowest BCUT2D eigenvalue weighted by molar-refractivity contribution is 0.257. The predicted octanol–water partition coefficient (Wildman–Crippen LogP) is 4.37. The second kappa shape index (κ2) is 7.41. The molecule has 166 valence electrons. The van der Waals surface area contributed by atoms with Gasteiger partial charge in [0.2, 0.25) is 0 Å². The third-order valence-corrected chi connectivity index (χ3v) is 5.61. The van der Waals surface area contributed by atoms with Gasteiger partial charge in [0.05, 0.1) is 29.3 Å². The molecule has 1 fully saturated rings. The van der Waals surface area contributed by atoms with E-state index in [9.17, 15) is 9.50 Å². The van der Waals surface area contributed by atoms with Crippen molar-refractivity contribution in [1.82, 2.24) is 20.3 Å². The molecule has 32 heavy (non-hydrogen) atoms. The topological polar surface area (TPSA) is 87.3 Å². The number of aromatic nitrogens is 3. The molecule has 1 aromatic carbocycles. The highest BCUT2D eigenvalue weighted by Gasteiger charge is 2.35. The number of alkyl halides is 1. The van der Waals surface area contributed by atoms with Crippen molar-refractivity contribution in [1.29, 1.82) is 0 Å². The molecule has 0 spiro atoms. The quantitative estimate of drug-likeness (QED) is 0.494. The first kappa shape index (κ1) is 20.6. The largest absolute Gasteiger partial charge is 0.507 e. The van der Waals surface area contributed by atoms with Gasteiger partial charge in [-0.15, -0.1) is 0 Å². The van der Waals surface area contributed by atoms with Crippen LogP contribution in [0.25, 0.3) is 33.4 Å². The van der Waals surface area contributed by atoms with Gasteiger partial charge >= 0.3 is 0 Å². The van der Waals surface area contributed by atoms with Gasteiger partial charge in [-0.2, -0.15) is 0 Å². The van der Waals surface area contributed by atoms with Crippen molar-refractivity contribution in [2.24, 2.45) is 0 Å². The average Bonchev–Trinajstić information content (AvgIpc) is 3.26. The van der Waals surface area contributed by atoms with E-state index in [0.29, 0.717) is 52.4 Å². The van der Waals surface area contributed by atoms with Crippen LogP contribution in [0.4, 0.5) is 10.2 Å². The van der Waals surface area contributed by atoms with E-state index in [1.807, 2.05) is 49.9 Å². The molecule has 0 saturated carbocycles. The maximum absolute atomic E-state index is 14.6. The Morgan fingerprint density at radius 2 is 1.78 bits per heavy atom. The highest BCUT2D eigenvalue weighted by molar-refractivity contribution is 5.86. The molecule has 0 bridgehead atoms. The lowest BCUT2D eigenvalue weighted by Crippen LogP contribution is -2.48. The first-order valence-electron chi connectivity index (χ1n) is 10.7. The molecular weight excluding hydrogens is 409 g/mol. The number of pyridine rings is 2. The molecule has 0 aliphatic carbocycles. The van der Waals surface area contributed by atoms with Gasteiger partial charge in [0.15, 0.2) is 11.5 Å². The number of phenols is 1. The molecule has 4 heterocycles. The van der Waals surface area contributed by atoms with Crippen molar-refractivity contribution < 1.29 is 13.9 Å². The van der Waals surface area contributed by atoms with Crippen LogP contribution in [0.5, 0.6) is 5.75 Å². The van der Waals surface area contributed by atoms with E-state index >= 15 is 0 Å². The Bertz CT molecular complexity index is 1310. The lowest BCUT2D eigenvalue weighted by Gasteiger charge is -2.26. The second-order valence-corrected chi connectivity index (χ2v) is 9.40. The van der Waals surface area contributed by atoms with Gasteiger partial charge in [-0.25, -0.2) is 19.3 Å². The number of phenolic OH excluding ortho intramolecular Hbond substituents is 1. The van der Waals surface area contributed by atoms with Crippen LogP contribution in [0.2, 0.25) is 0 Å². The van der Waals surface area contributed by atoms with E-state index in [0.717, 1.165) is 5.82 Å². The van der Waals surface area contributed by atoms with E-state index in [2.05, 4.69) is 15.3 Å². The van der Waals surface area contributed by atoms with Crippen LogP contribution in [-0.2, 0) is 0 Å². The molecule has 5 rings (SSSR count). The summed E-state index contributed by atoms with van der Waals surface area (Å²) in [6, 6.07) is 10.5. The standard InChI is InChI=1S/C24H26FN5O2/c1-13-26-19-10-21(31)14(9-22(19)32-13)16-5-6-18-17(27-16)7-8-23(28-18)30-11-15(25)20(12-30)29-24(2,3)4/h5-10,15,20,29,31H,11-12H2,1-4H3/t15-,20+/m0/s1. The van der Waals surface area contributed by atoms with Crippen molar-refractivity contribution in [2.75, 3.05) is 18.0 Å². The number of anilines is 1. The molecule has 4 aromatic rings. The first-order valence-corrected chi connectivity index (χ1v) is 10.7. The minimum Gasteiger partial charge on any atom is -0.507 e. The number of nitrogens with zero attached hydrogens (tertiary/aromatic N) is 4. The summed E-state index contributed by atoms with van der Waals surface area (Å²) in [6.07, 6.45) is -0.954. The summed E-state index contributed by atoms with van der Waals surface area (Å²) in [6.45, 7) is 8.76. The van der Waals surface area contributed by atoms with Crippen molar-refractivity contribution in [2.45, 2.75) is 45.4 Å². The van der Waals surface area contributed by atoms with Crippen LogP contribution in [0, 0.1) is 6.92 Å². The molecule has 8 heteroatoms. The van der Waals surface area contributed by atoms with Crippen molar-refractivity contribution in [3.8, 4) is 17.0 Å². The SMILES string of the molecule is Cc1nc2cc(O)c(-c3ccc4nc(N5C[C@H](F)[C@H](NC(C)(C)C)C5)ccc4n3)cc2o1. The van der Waals surface area contributed by atoms with Gasteiger partial charge in [-0.1, -0.05) is 0 Å². The number of aromatic hydroxyl groups is 1. The zero-order valence-corrected chi connectivity index (χ0v) is 18.6. The maximum Gasteiger partial charge on any atom is 0.192 e. The van der Waals surface area contributed by atoms with Crippen LogP contribution in [-0.4, -0.2) is 50.9 Å². The van der Waals surface area contributed by atoms with Crippen LogP contribution in [0.15, 0.2) is 40.8 Å². The summed E-state index contributed by atoms with van der Waals surface area (Å²) in [5.74, 6) is 1.36. The van der Waals surface area contributed by atoms with Gasteiger partial charge in [-0.3, -0.25) is 0 Å². The summed E-state index contributed by atoms with van der Waals surface area (Å²) < 4.78 is 20.2. The highest BCUT2D eigenvalue weighted by atomic mass is 19.1. The first-order chi connectivity index (χ1) is 15.2. The third-order valence-electron chi connectivity index (χ3n) is 5.61. The fraction of sp³-hybridized carbons (Fsp3) is 0.375. The highest BCUT2D eigenvalue weighted by Crippen LogP contribution is 2.33. The van der Waals surface area contributed by atoms with Crippen LogP contribution in [0.1, 0.15) is 26.7 Å². The Balaban J connectivity index is 1.44. The Kier molecular flexibility index (Phi) is 4.78. The van der Waals surface area contributed by atoms with Gasteiger partial charge in [0.1, 0.15) is 23.3 Å². The molecule has 1 aliphatic heterocycles. The minimum absolute atomic E-state index is 0.0886. The predicted molar refractivity (Wildman–Crippen MR) is 123 cm³/mol. The zero-order chi connectivity index (χ0) is 22.6. The fourth-order valence-electron chi connectivity index (χ4n) is 4.25. The molecule has 1 aliphatic rings. The summed E-state index contributed by atoms with van der Waals surface area (Å²) in [5, 5.41) is 13.8. The molecular formula is C24H26FN5O2. The normalized spacial score (nSPS) is 19.3. The summed E-state index contributed by atoms with van der Waals surface area (Å²) in [5.41, 5.74) is 3.63. The number of hydrogen-bond acceptors (Lipinski definition) is 7. The van der Waals surface area contributed by atoms with E-state index in [4.69, 9.17) is 9.40 Å². The summed E-state index contributed by atoms with van der Waals surface area (Å²) >= 11 is 0. The maximum atomic E-state index is 14.6. The van der Waals surface area contributed by atoms with Gasteiger partial charge in [0.25, 0.3) is 0 Å². The number of fused-ring (bicyclic) bond motifs is 2. The second-order valence-electron chi connectivity index (χ2n) is 9.40. The Morgan fingerprint density at radius 1 is 1.03 bits per heavy atom. The van der Waals surface area contributed by atoms with Crippen LogP contribution < -0.4 is 10.2 Å². The number of oxazole rings is 1. The van der Waals surface area contributed by atoms with Crippen LogP contribution >= 0.6 is 0 Å². The van der Waals surface area contributed by atoms with Gasteiger partial charge in [0, 0.05) is 30.6 Å². The molecule has 0 amide bonds. The third kappa shape index (κ3) is 3.86. The molecule has 0 radical (unpaired) electrons. The average molecular weight is 436 g/mol. The molecule has 2 atom stereocenters. The van der Waals surface area contributed by atoms with Crippen molar-refractivity contribution in [3.05, 3.63) is 42.3 Å².